The Labute approximate surface area is 161 Å². The second kappa shape index (κ2) is 8.81. The number of rotatable bonds is 7. The Bertz CT molecular complexity index is 910. The highest BCUT2D eigenvalue weighted by atomic mass is 32.2. The summed E-state index contributed by atoms with van der Waals surface area (Å²) in [6, 6.07) is 14.2. The SMILES string of the molecule is CC[C@@H](C)c1ccc(NC(=O)CSc2n[nH]c(-c3ccccc3F)n2)cc1. The number of anilines is 1. The van der Waals surface area contributed by atoms with Gasteiger partial charge in [-0.15, -0.1) is 5.10 Å². The molecule has 0 aliphatic rings. The minimum absolute atomic E-state index is 0.145. The van der Waals surface area contributed by atoms with Gasteiger partial charge in [0.15, 0.2) is 5.82 Å². The Hall–Kier alpha value is -2.67. The van der Waals surface area contributed by atoms with Crippen molar-refractivity contribution in [3.63, 3.8) is 0 Å². The van der Waals surface area contributed by atoms with Crippen LogP contribution in [0.5, 0.6) is 0 Å². The molecular weight excluding hydrogens is 363 g/mol. The summed E-state index contributed by atoms with van der Waals surface area (Å²) in [6.07, 6.45) is 1.08. The summed E-state index contributed by atoms with van der Waals surface area (Å²) in [5.74, 6) is 0.496. The van der Waals surface area contributed by atoms with Crippen molar-refractivity contribution in [3.8, 4) is 11.4 Å². The van der Waals surface area contributed by atoms with Crippen molar-refractivity contribution in [3.05, 3.63) is 59.9 Å². The van der Waals surface area contributed by atoms with Gasteiger partial charge >= 0.3 is 0 Å². The Morgan fingerprint density at radius 1 is 1.22 bits per heavy atom. The molecule has 0 spiro atoms. The highest BCUT2D eigenvalue weighted by Gasteiger charge is 2.12. The van der Waals surface area contributed by atoms with E-state index in [0.717, 1.165) is 12.1 Å². The maximum atomic E-state index is 13.8. The predicted octanol–water partition coefficient (Wildman–Crippen LogP) is 4.86. The van der Waals surface area contributed by atoms with Gasteiger partial charge in [-0.25, -0.2) is 9.37 Å². The normalized spacial score (nSPS) is 12.0. The van der Waals surface area contributed by atoms with Crippen molar-refractivity contribution in [1.82, 2.24) is 15.2 Å². The molecule has 5 nitrogen and oxygen atoms in total. The van der Waals surface area contributed by atoms with Crippen LogP contribution in [-0.2, 0) is 4.79 Å². The first-order valence-electron chi connectivity index (χ1n) is 8.76. The van der Waals surface area contributed by atoms with E-state index in [1.54, 1.807) is 18.2 Å². The number of halogens is 1. The largest absolute Gasteiger partial charge is 0.325 e. The molecule has 2 aromatic carbocycles. The van der Waals surface area contributed by atoms with Crippen molar-refractivity contribution < 1.29 is 9.18 Å². The number of carbonyl (C=O) groups is 1. The first-order chi connectivity index (χ1) is 13.1. The zero-order valence-corrected chi connectivity index (χ0v) is 16.0. The van der Waals surface area contributed by atoms with Crippen LogP contribution in [0.4, 0.5) is 10.1 Å². The number of benzene rings is 2. The van der Waals surface area contributed by atoms with Crippen LogP contribution in [0, 0.1) is 5.82 Å². The smallest absolute Gasteiger partial charge is 0.234 e. The van der Waals surface area contributed by atoms with E-state index in [1.165, 1.54) is 23.4 Å². The molecule has 0 saturated carbocycles. The first-order valence-corrected chi connectivity index (χ1v) is 9.75. The summed E-state index contributed by atoms with van der Waals surface area (Å²) < 4.78 is 13.8. The lowest BCUT2D eigenvalue weighted by Gasteiger charge is -2.10. The van der Waals surface area contributed by atoms with E-state index in [0.29, 0.717) is 22.5 Å². The minimum atomic E-state index is -0.371. The van der Waals surface area contributed by atoms with Gasteiger partial charge in [-0.3, -0.25) is 9.89 Å². The molecule has 1 atom stereocenters. The quantitative estimate of drug-likeness (QED) is 0.571. The Morgan fingerprint density at radius 3 is 2.67 bits per heavy atom. The molecule has 0 saturated heterocycles. The molecule has 1 aromatic heterocycles. The molecule has 0 aliphatic carbocycles. The molecule has 1 amide bonds. The number of H-pyrrole nitrogens is 1. The average molecular weight is 384 g/mol. The summed E-state index contributed by atoms with van der Waals surface area (Å²) in [5, 5.41) is 10.00. The van der Waals surface area contributed by atoms with Crippen LogP contribution in [0.15, 0.2) is 53.7 Å². The van der Waals surface area contributed by atoms with Crippen molar-refractivity contribution >= 4 is 23.4 Å². The van der Waals surface area contributed by atoms with Crippen LogP contribution in [0.3, 0.4) is 0 Å². The molecule has 3 rings (SSSR count). The van der Waals surface area contributed by atoms with Crippen molar-refractivity contribution in [2.75, 3.05) is 11.1 Å². The average Bonchev–Trinajstić information content (AvgIpc) is 3.15. The molecule has 0 bridgehead atoms. The fraction of sp³-hybridized carbons (Fsp3) is 0.250. The summed E-state index contributed by atoms with van der Waals surface area (Å²) >= 11 is 1.19. The zero-order valence-electron chi connectivity index (χ0n) is 15.2. The third-order valence-corrected chi connectivity index (χ3v) is 5.15. The van der Waals surface area contributed by atoms with E-state index in [9.17, 15) is 9.18 Å². The van der Waals surface area contributed by atoms with Gasteiger partial charge in [-0.1, -0.05) is 49.9 Å². The van der Waals surface area contributed by atoms with Gasteiger partial charge in [0.2, 0.25) is 11.1 Å². The van der Waals surface area contributed by atoms with Gasteiger partial charge in [0, 0.05) is 5.69 Å². The predicted molar refractivity (Wildman–Crippen MR) is 106 cm³/mol. The molecule has 1 heterocycles. The number of aromatic nitrogens is 3. The van der Waals surface area contributed by atoms with Gasteiger partial charge in [-0.05, 0) is 42.2 Å². The monoisotopic (exact) mass is 384 g/mol. The number of nitrogens with one attached hydrogen (secondary N) is 2. The highest BCUT2D eigenvalue weighted by Crippen LogP contribution is 2.23. The number of carbonyl (C=O) groups excluding carboxylic acids is 1. The van der Waals surface area contributed by atoms with E-state index in [1.807, 2.05) is 24.3 Å². The maximum Gasteiger partial charge on any atom is 0.234 e. The van der Waals surface area contributed by atoms with Gasteiger partial charge in [0.05, 0.1) is 11.3 Å². The molecule has 2 N–H and O–H groups in total. The fourth-order valence-electron chi connectivity index (χ4n) is 2.54. The Balaban J connectivity index is 1.55. The van der Waals surface area contributed by atoms with Gasteiger partial charge in [0.1, 0.15) is 5.82 Å². The van der Waals surface area contributed by atoms with Crippen molar-refractivity contribution in [1.29, 1.82) is 0 Å². The van der Waals surface area contributed by atoms with Crippen LogP contribution < -0.4 is 5.32 Å². The van der Waals surface area contributed by atoms with E-state index in [2.05, 4.69) is 34.3 Å². The van der Waals surface area contributed by atoms with Crippen molar-refractivity contribution in [2.45, 2.75) is 31.3 Å². The second-order valence-electron chi connectivity index (χ2n) is 6.21. The van der Waals surface area contributed by atoms with Crippen molar-refractivity contribution in [2.24, 2.45) is 0 Å². The van der Waals surface area contributed by atoms with E-state index < -0.39 is 0 Å². The first kappa shape index (κ1) is 19.1. The standard InChI is InChI=1S/C20H21FN4OS/c1-3-13(2)14-8-10-15(11-9-14)22-18(26)12-27-20-23-19(24-25-20)16-6-4-5-7-17(16)21/h4-11,13H,3,12H2,1-2H3,(H,22,26)(H,23,24,25)/t13-/m1/s1. The van der Waals surface area contributed by atoms with Crippen LogP contribution in [0.1, 0.15) is 31.7 Å². The molecule has 0 unspecified atom stereocenters. The lowest BCUT2D eigenvalue weighted by molar-refractivity contribution is -0.113. The topological polar surface area (TPSA) is 70.7 Å². The third kappa shape index (κ3) is 4.95. The number of aromatic amines is 1. The zero-order chi connectivity index (χ0) is 19.2. The van der Waals surface area contributed by atoms with E-state index in [-0.39, 0.29) is 17.5 Å². The number of hydrogen-bond acceptors (Lipinski definition) is 4. The summed E-state index contributed by atoms with van der Waals surface area (Å²) in [5.41, 5.74) is 2.36. The molecule has 140 valence electrons. The fourth-order valence-corrected chi connectivity index (χ4v) is 3.14. The van der Waals surface area contributed by atoms with Gasteiger partial charge in [0.25, 0.3) is 0 Å². The molecule has 0 radical (unpaired) electrons. The summed E-state index contributed by atoms with van der Waals surface area (Å²) in [7, 11) is 0. The number of amides is 1. The minimum Gasteiger partial charge on any atom is -0.325 e. The summed E-state index contributed by atoms with van der Waals surface area (Å²) in [4.78, 5) is 16.4. The third-order valence-electron chi connectivity index (χ3n) is 4.30. The summed E-state index contributed by atoms with van der Waals surface area (Å²) in [6.45, 7) is 4.33. The van der Waals surface area contributed by atoms with Crippen LogP contribution in [0.25, 0.3) is 11.4 Å². The number of thioether (sulfide) groups is 1. The molecule has 0 aliphatic heterocycles. The number of hydrogen-bond donors (Lipinski definition) is 2. The molecule has 0 fully saturated rings. The van der Waals surface area contributed by atoms with Crippen LogP contribution in [0.2, 0.25) is 0 Å². The second-order valence-corrected chi connectivity index (χ2v) is 7.16. The molecule has 3 aromatic rings. The lowest BCUT2D eigenvalue weighted by atomic mass is 9.99. The van der Waals surface area contributed by atoms with E-state index >= 15 is 0 Å². The highest BCUT2D eigenvalue weighted by molar-refractivity contribution is 7.99. The van der Waals surface area contributed by atoms with Gasteiger partial charge < -0.3 is 5.32 Å². The van der Waals surface area contributed by atoms with Gasteiger partial charge in [-0.2, -0.15) is 0 Å². The van der Waals surface area contributed by atoms with Crippen LogP contribution >= 0.6 is 11.8 Å². The Kier molecular flexibility index (Phi) is 6.24. The molecule has 27 heavy (non-hydrogen) atoms. The Morgan fingerprint density at radius 2 is 1.96 bits per heavy atom. The molecular formula is C20H21FN4OS. The maximum absolute atomic E-state index is 13.8. The lowest BCUT2D eigenvalue weighted by Crippen LogP contribution is -2.14. The molecule has 7 heteroatoms. The van der Waals surface area contributed by atoms with E-state index in [4.69, 9.17) is 0 Å². The van der Waals surface area contributed by atoms with Crippen LogP contribution in [-0.4, -0.2) is 26.8 Å². The number of nitrogens with zero attached hydrogens (tertiary/aromatic N) is 2.